The molecule has 0 atom stereocenters. The van der Waals surface area contributed by atoms with Gasteiger partial charge in [-0.15, -0.1) is 11.3 Å². The van der Waals surface area contributed by atoms with Crippen molar-refractivity contribution in [1.82, 2.24) is 19.2 Å². The fourth-order valence-electron chi connectivity index (χ4n) is 3.80. The summed E-state index contributed by atoms with van der Waals surface area (Å²) in [6.07, 6.45) is 3.56. The summed E-state index contributed by atoms with van der Waals surface area (Å²) in [5.41, 5.74) is 3.40. The summed E-state index contributed by atoms with van der Waals surface area (Å²) in [6, 6.07) is 9.32. The molecule has 3 heterocycles. The Morgan fingerprint density at radius 2 is 1.88 bits per heavy atom. The number of nitrogens with one attached hydrogen (secondary N) is 1. The van der Waals surface area contributed by atoms with E-state index in [4.69, 9.17) is 0 Å². The number of nitrogens with zero attached hydrogens (tertiary/aromatic N) is 4. The summed E-state index contributed by atoms with van der Waals surface area (Å²) in [5.74, 6) is -0.00415. The SMILES string of the molecule is Cc1csc(-c2cc(S(=O)(=O)NCc3ccc(N(C)C)cc3)cn2CC(=O)N2CCCC2)n1. The molecule has 3 aromatic rings. The smallest absolute Gasteiger partial charge is 0.242 e. The standard InChI is InChI=1S/C23H29N5O3S2/c1-17-16-32-23(25-17)21-12-20(14-28(21)15-22(29)27-10-4-5-11-27)33(30,31)24-13-18-6-8-19(9-7-18)26(2)3/h6-9,12,14,16,24H,4-5,10-11,13,15H2,1-3H3. The van der Waals surface area contributed by atoms with Crippen molar-refractivity contribution < 1.29 is 13.2 Å². The van der Waals surface area contributed by atoms with Gasteiger partial charge in [0.05, 0.1) is 5.69 Å². The van der Waals surface area contributed by atoms with E-state index in [-0.39, 0.29) is 23.9 Å². The first-order chi connectivity index (χ1) is 15.7. The average Bonchev–Trinajstić information content (AvgIpc) is 3.53. The number of carbonyl (C=O) groups excluding carboxylic acids is 1. The van der Waals surface area contributed by atoms with E-state index in [9.17, 15) is 13.2 Å². The number of benzene rings is 1. The lowest BCUT2D eigenvalue weighted by molar-refractivity contribution is -0.130. The zero-order valence-corrected chi connectivity index (χ0v) is 20.7. The van der Waals surface area contributed by atoms with E-state index in [0.717, 1.165) is 42.9 Å². The lowest BCUT2D eigenvalue weighted by Crippen LogP contribution is -2.31. The van der Waals surface area contributed by atoms with Gasteiger partial charge in [0.15, 0.2) is 0 Å². The Hall–Kier alpha value is -2.69. The second-order valence-corrected chi connectivity index (χ2v) is 11.1. The van der Waals surface area contributed by atoms with Crippen LogP contribution in [0.3, 0.4) is 0 Å². The molecular weight excluding hydrogens is 458 g/mol. The number of anilines is 1. The number of aryl methyl sites for hydroxylation is 1. The molecule has 0 saturated carbocycles. The van der Waals surface area contributed by atoms with Crippen molar-refractivity contribution in [2.45, 2.75) is 37.8 Å². The molecule has 2 aromatic heterocycles. The minimum Gasteiger partial charge on any atom is -0.378 e. The highest BCUT2D eigenvalue weighted by atomic mass is 32.2. The maximum absolute atomic E-state index is 13.1. The molecule has 0 bridgehead atoms. The summed E-state index contributed by atoms with van der Waals surface area (Å²) < 4.78 is 30.5. The first-order valence-corrected chi connectivity index (χ1v) is 13.3. The number of carbonyl (C=O) groups is 1. The van der Waals surface area contributed by atoms with Crippen LogP contribution in [-0.2, 0) is 27.9 Å². The number of hydrogen-bond donors (Lipinski definition) is 1. The van der Waals surface area contributed by atoms with E-state index in [1.54, 1.807) is 10.6 Å². The van der Waals surface area contributed by atoms with Gasteiger partial charge in [0, 0.05) is 56.7 Å². The van der Waals surface area contributed by atoms with Crippen molar-refractivity contribution in [1.29, 1.82) is 0 Å². The average molecular weight is 488 g/mol. The minimum atomic E-state index is -3.77. The van der Waals surface area contributed by atoms with Gasteiger partial charge in [0.2, 0.25) is 15.9 Å². The lowest BCUT2D eigenvalue weighted by atomic mass is 10.2. The van der Waals surface area contributed by atoms with Gasteiger partial charge < -0.3 is 14.4 Å². The van der Waals surface area contributed by atoms with Crippen molar-refractivity contribution in [3.05, 3.63) is 53.2 Å². The fraction of sp³-hybridized carbons (Fsp3) is 0.391. The maximum atomic E-state index is 13.1. The van der Waals surface area contributed by atoms with Gasteiger partial charge in [-0.3, -0.25) is 4.79 Å². The van der Waals surface area contributed by atoms with E-state index in [0.29, 0.717) is 10.7 Å². The monoisotopic (exact) mass is 487 g/mol. The lowest BCUT2D eigenvalue weighted by Gasteiger charge is -2.16. The predicted molar refractivity (Wildman–Crippen MR) is 131 cm³/mol. The third kappa shape index (κ3) is 5.45. The van der Waals surface area contributed by atoms with Crippen LogP contribution in [0.2, 0.25) is 0 Å². The van der Waals surface area contributed by atoms with Crippen LogP contribution in [0, 0.1) is 6.92 Å². The van der Waals surface area contributed by atoms with E-state index in [1.807, 2.05) is 60.5 Å². The maximum Gasteiger partial charge on any atom is 0.242 e. The van der Waals surface area contributed by atoms with Gasteiger partial charge in [-0.2, -0.15) is 0 Å². The molecule has 1 fully saturated rings. The van der Waals surface area contributed by atoms with Gasteiger partial charge in [-0.25, -0.2) is 18.1 Å². The Bertz CT molecular complexity index is 1220. The zero-order chi connectivity index (χ0) is 23.6. The van der Waals surface area contributed by atoms with E-state index < -0.39 is 10.0 Å². The second kappa shape index (κ2) is 9.66. The number of rotatable bonds is 8. The first-order valence-electron chi connectivity index (χ1n) is 10.9. The highest BCUT2D eigenvalue weighted by molar-refractivity contribution is 7.89. The van der Waals surface area contributed by atoms with Crippen LogP contribution in [0.25, 0.3) is 10.7 Å². The van der Waals surface area contributed by atoms with Crippen LogP contribution >= 0.6 is 11.3 Å². The molecule has 0 radical (unpaired) electrons. The molecule has 4 rings (SSSR count). The summed E-state index contributed by atoms with van der Waals surface area (Å²) in [4.78, 5) is 21.2. The van der Waals surface area contributed by atoms with Crippen LogP contribution in [0.15, 0.2) is 46.8 Å². The molecule has 1 aliphatic heterocycles. The number of likely N-dealkylation sites (tertiary alicyclic amines) is 1. The molecule has 10 heteroatoms. The summed E-state index contributed by atoms with van der Waals surface area (Å²) in [7, 11) is 0.142. The Morgan fingerprint density at radius 1 is 1.18 bits per heavy atom. The van der Waals surface area contributed by atoms with Crippen LogP contribution < -0.4 is 9.62 Å². The molecule has 1 aromatic carbocycles. The minimum absolute atomic E-state index is 0.00415. The van der Waals surface area contributed by atoms with E-state index in [2.05, 4.69) is 9.71 Å². The molecule has 1 saturated heterocycles. The van der Waals surface area contributed by atoms with Crippen LogP contribution in [0.5, 0.6) is 0 Å². The molecule has 8 nitrogen and oxygen atoms in total. The van der Waals surface area contributed by atoms with E-state index >= 15 is 0 Å². The summed E-state index contributed by atoms with van der Waals surface area (Å²) in [6.45, 7) is 3.68. The Labute approximate surface area is 198 Å². The highest BCUT2D eigenvalue weighted by Gasteiger charge is 2.24. The summed E-state index contributed by atoms with van der Waals surface area (Å²) in [5, 5.41) is 2.61. The molecule has 176 valence electrons. The Balaban J connectivity index is 1.56. The number of aromatic nitrogens is 2. The number of hydrogen-bond acceptors (Lipinski definition) is 6. The van der Waals surface area contributed by atoms with Gasteiger partial charge in [0.1, 0.15) is 16.4 Å². The van der Waals surface area contributed by atoms with Crippen LogP contribution in [0.1, 0.15) is 24.1 Å². The molecule has 33 heavy (non-hydrogen) atoms. The van der Waals surface area contributed by atoms with E-state index in [1.165, 1.54) is 17.5 Å². The van der Waals surface area contributed by atoms with Crippen LogP contribution in [0.4, 0.5) is 5.69 Å². The zero-order valence-electron chi connectivity index (χ0n) is 19.1. The van der Waals surface area contributed by atoms with Gasteiger partial charge in [0.25, 0.3) is 0 Å². The van der Waals surface area contributed by atoms with Gasteiger partial charge in [-0.05, 0) is 43.5 Å². The largest absolute Gasteiger partial charge is 0.378 e. The Kier molecular flexibility index (Phi) is 6.87. The number of thiazole rings is 1. The number of sulfonamides is 1. The quantitative estimate of drug-likeness (QED) is 0.528. The first kappa shape index (κ1) is 23.5. The molecule has 0 aliphatic carbocycles. The predicted octanol–water partition coefficient (Wildman–Crippen LogP) is 3.09. The Morgan fingerprint density at radius 3 is 2.48 bits per heavy atom. The third-order valence-electron chi connectivity index (χ3n) is 5.70. The van der Waals surface area contributed by atoms with Crippen molar-refractivity contribution in [2.24, 2.45) is 0 Å². The van der Waals surface area contributed by atoms with Crippen molar-refractivity contribution in [3.63, 3.8) is 0 Å². The molecule has 0 spiro atoms. The fourth-order valence-corrected chi connectivity index (χ4v) is 5.68. The van der Waals surface area contributed by atoms with Crippen LogP contribution in [-0.4, -0.2) is 56.0 Å². The second-order valence-electron chi connectivity index (χ2n) is 8.46. The topological polar surface area (TPSA) is 87.5 Å². The molecule has 1 aliphatic rings. The molecule has 1 amide bonds. The summed E-state index contributed by atoms with van der Waals surface area (Å²) >= 11 is 1.44. The van der Waals surface area contributed by atoms with Gasteiger partial charge >= 0.3 is 0 Å². The highest BCUT2D eigenvalue weighted by Crippen LogP contribution is 2.28. The number of amides is 1. The normalized spacial score (nSPS) is 14.1. The van der Waals surface area contributed by atoms with Gasteiger partial charge in [-0.1, -0.05) is 12.1 Å². The third-order valence-corrected chi connectivity index (χ3v) is 8.05. The molecule has 1 N–H and O–H groups in total. The molecular formula is C23H29N5O3S2. The van der Waals surface area contributed by atoms with Crippen molar-refractivity contribution in [3.8, 4) is 10.7 Å². The van der Waals surface area contributed by atoms with Crippen molar-refractivity contribution >= 4 is 33.0 Å². The van der Waals surface area contributed by atoms with Crippen molar-refractivity contribution in [2.75, 3.05) is 32.1 Å². The molecule has 0 unspecified atom stereocenters.